The van der Waals surface area contributed by atoms with Gasteiger partial charge in [-0.3, -0.25) is 14.6 Å². The van der Waals surface area contributed by atoms with E-state index in [4.69, 9.17) is 33.3 Å². The number of pyridine rings is 1. The molecular weight excluding hydrogens is 688 g/mol. The second kappa shape index (κ2) is 16.7. The van der Waals surface area contributed by atoms with Crippen molar-refractivity contribution in [1.29, 1.82) is 0 Å². The molecule has 4 saturated heterocycles. The number of hydrogen-bond acceptors (Lipinski definition) is 14. The summed E-state index contributed by atoms with van der Waals surface area (Å²) in [6, 6.07) is 2.40. The van der Waals surface area contributed by atoms with Crippen molar-refractivity contribution < 1.29 is 52.7 Å². The molecule has 0 aliphatic carbocycles. The molecule has 4 aliphatic heterocycles. The summed E-state index contributed by atoms with van der Waals surface area (Å²) in [7, 11) is 3.80. The van der Waals surface area contributed by atoms with Crippen molar-refractivity contribution in [2.24, 2.45) is 28.8 Å². The van der Waals surface area contributed by atoms with Gasteiger partial charge in [-0.15, -0.1) is 0 Å². The Bertz CT molecular complexity index is 1480. The second-order valence-corrected chi connectivity index (χ2v) is 15.9. The molecule has 0 radical (unpaired) electrons. The SMILES string of the molecule is CC[C@H]1OC(=O)[C@H](C)[C@H]2OC/C(=N/Oc3cccnc3)CO[C@](C)(C[C@@H](C)C(=O)[C@H](C)[C@@H]3NC(=O)O[C@]13C)[C@H](O[C@@H]1O[C@H](C)C[C@H](N(C)C)[C@H]1O)[C@@H]2C. The number of oxime groups is 1. The Morgan fingerprint density at radius 3 is 2.49 bits per heavy atom. The summed E-state index contributed by atoms with van der Waals surface area (Å²) >= 11 is 0. The molecule has 4 aliphatic rings. The molecule has 5 rings (SSSR count). The lowest BCUT2D eigenvalue weighted by molar-refractivity contribution is -0.302. The Hall–Kier alpha value is -3.21. The normalized spacial score (nSPS) is 42.4. The lowest BCUT2D eigenvalue weighted by atomic mass is 9.73. The number of nitrogens with one attached hydrogen (secondary N) is 1. The van der Waals surface area contributed by atoms with Crippen molar-refractivity contribution in [1.82, 2.24) is 15.2 Å². The molecule has 4 fully saturated rings. The van der Waals surface area contributed by atoms with E-state index in [0.29, 0.717) is 24.3 Å². The highest BCUT2D eigenvalue weighted by atomic mass is 16.7. The predicted octanol–water partition coefficient (Wildman–Crippen LogP) is 3.51. The summed E-state index contributed by atoms with van der Waals surface area (Å²) in [6.45, 7) is 14.4. The fourth-order valence-corrected chi connectivity index (χ4v) is 8.62. The number of carbonyl (C=O) groups is 3. The van der Waals surface area contributed by atoms with Crippen molar-refractivity contribution >= 4 is 23.6 Å². The van der Waals surface area contributed by atoms with E-state index in [0.717, 1.165) is 0 Å². The van der Waals surface area contributed by atoms with Crippen LogP contribution in [0.25, 0.3) is 0 Å². The highest BCUT2D eigenvalue weighted by molar-refractivity contribution is 5.87. The molecule has 14 atom stereocenters. The second-order valence-electron chi connectivity index (χ2n) is 15.9. The number of esters is 1. The smallest absolute Gasteiger partial charge is 0.408 e. The molecule has 5 heterocycles. The number of cyclic esters (lactones) is 1. The largest absolute Gasteiger partial charge is 0.458 e. The summed E-state index contributed by atoms with van der Waals surface area (Å²) < 4.78 is 38.5. The Balaban J connectivity index is 1.62. The summed E-state index contributed by atoms with van der Waals surface area (Å²) in [5.74, 6) is -3.12. The third-order valence-electron chi connectivity index (χ3n) is 11.6. The van der Waals surface area contributed by atoms with E-state index in [1.165, 1.54) is 6.20 Å². The molecular formula is C38H58N4O11. The van der Waals surface area contributed by atoms with Gasteiger partial charge in [0.15, 0.2) is 17.6 Å². The molecule has 0 saturated carbocycles. The maximum absolute atomic E-state index is 14.4. The van der Waals surface area contributed by atoms with Crippen LogP contribution in [-0.2, 0) is 38.0 Å². The lowest BCUT2D eigenvalue weighted by Crippen LogP contribution is -2.60. The minimum atomic E-state index is -1.32. The quantitative estimate of drug-likeness (QED) is 0.320. The maximum atomic E-state index is 14.4. The van der Waals surface area contributed by atoms with E-state index in [1.54, 1.807) is 39.1 Å². The number of aliphatic hydroxyl groups is 1. The Morgan fingerprint density at radius 2 is 1.83 bits per heavy atom. The van der Waals surface area contributed by atoms with Crippen LogP contribution in [-0.4, -0.2) is 126 Å². The van der Waals surface area contributed by atoms with E-state index in [-0.39, 0.29) is 37.6 Å². The highest BCUT2D eigenvalue weighted by Crippen LogP contribution is 2.42. The van der Waals surface area contributed by atoms with Gasteiger partial charge in [0.1, 0.15) is 23.7 Å². The zero-order chi connectivity index (χ0) is 38.8. The summed E-state index contributed by atoms with van der Waals surface area (Å²) in [6.07, 6.45) is -1.38. The maximum Gasteiger partial charge on any atom is 0.408 e. The summed E-state index contributed by atoms with van der Waals surface area (Å²) in [5, 5.41) is 18.8. The van der Waals surface area contributed by atoms with E-state index >= 15 is 0 Å². The molecule has 1 amide bonds. The first-order valence-corrected chi connectivity index (χ1v) is 18.8. The van der Waals surface area contributed by atoms with Gasteiger partial charge in [-0.05, 0) is 73.2 Å². The first-order chi connectivity index (χ1) is 25.0. The third-order valence-corrected chi connectivity index (χ3v) is 11.6. The van der Waals surface area contributed by atoms with E-state index < -0.39 is 83.7 Å². The van der Waals surface area contributed by atoms with Gasteiger partial charge in [0.25, 0.3) is 0 Å². The highest BCUT2D eigenvalue weighted by Gasteiger charge is 2.57. The molecule has 296 valence electrons. The standard InChI is InChI=1S/C38H58N4O11/c1-11-28-38(8)32(40-36(46)52-38)22(4)29(43)20(2)16-37(7)33(51-35-30(44)27(42(9)10)15-21(3)49-35)23(5)31(24(6)34(45)50-28)47-18-25(19-48-37)41-53-26-13-12-14-39-17-26/h12-14,17,20-24,27-28,30-33,35,44H,11,15-16,18-19H2,1-10H3,(H,40,46)/b41-25-/t20-,21-,22+,23-,24-,27+,28-,30-,31+,32+,33-,35+,37-,38-/m1/s1. The zero-order valence-electron chi connectivity index (χ0n) is 32.6. The minimum Gasteiger partial charge on any atom is -0.458 e. The Kier molecular flexibility index (Phi) is 12.9. The van der Waals surface area contributed by atoms with Gasteiger partial charge in [0.05, 0.1) is 55.3 Å². The lowest BCUT2D eigenvalue weighted by Gasteiger charge is -2.48. The number of alkyl carbamates (subject to hydrolysis) is 1. The number of aromatic nitrogens is 1. The number of amides is 1. The number of rotatable bonds is 6. The van der Waals surface area contributed by atoms with Gasteiger partial charge in [0, 0.05) is 30.0 Å². The van der Waals surface area contributed by atoms with Crippen LogP contribution in [0, 0.1) is 23.7 Å². The number of carbonyl (C=O) groups excluding carboxylic acids is 3. The van der Waals surface area contributed by atoms with E-state index in [9.17, 15) is 19.5 Å². The fraction of sp³-hybridized carbons (Fsp3) is 0.763. The number of fused-ring (bicyclic) bond motifs is 4. The molecule has 15 nitrogen and oxygen atoms in total. The van der Waals surface area contributed by atoms with Gasteiger partial charge in [-0.1, -0.05) is 32.9 Å². The first kappa shape index (κ1) is 41.0. The predicted molar refractivity (Wildman–Crippen MR) is 192 cm³/mol. The number of ketones is 1. The van der Waals surface area contributed by atoms with Crippen molar-refractivity contribution in [3.63, 3.8) is 0 Å². The van der Waals surface area contributed by atoms with Crippen LogP contribution in [0.1, 0.15) is 74.7 Å². The number of nitrogens with zero attached hydrogens (tertiary/aromatic N) is 3. The molecule has 0 aromatic carbocycles. The number of hydrogen-bond donors (Lipinski definition) is 2. The van der Waals surface area contributed by atoms with E-state index in [1.807, 2.05) is 53.6 Å². The Morgan fingerprint density at radius 1 is 1.09 bits per heavy atom. The van der Waals surface area contributed by atoms with Crippen LogP contribution in [0.2, 0.25) is 0 Å². The molecule has 53 heavy (non-hydrogen) atoms. The Labute approximate surface area is 312 Å². The average molecular weight is 747 g/mol. The van der Waals surface area contributed by atoms with E-state index in [2.05, 4.69) is 15.5 Å². The van der Waals surface area contributed by atoms with Crippen LogP contribution in [0.4, 0.5) is 4.79 Å². The molecule has 0 unspecified atom stereocenters. The van der Waals surface area contributed by atoms with Gasteiger partial charge in [-0.2, -0.15) is 0 Å². The zero-order valence-corrected chi connectivity index (χ0v) is 32.6. The topological polar surface area (TPSA) is 177 Å². The van der Waals surface area contributed by atoms with Gasteiger partial charge >= 0.3 is 12.1 Å². The van der Waals surface area contributed by atoms with Crippen LogP contribution >= 0.6 is 0 Å². The van der Waals surface area contributed by atoms with Crippen molar-refractivity contribution in [2.75, 3.05) is 27.3 Å². The van der Waals surface area contributed by atoms with Crippen molar-refractivity contribution in [3.8, 4) is 5.75 Å². The number of likely N-dealkylation sites (N-methyl/N-ethyl adjacent to an activating group) is 1. The molecule has 1 aromatic heterocycles. The van der Waals surface area contributed by atoms with Crippen LogP contribution < -0.4 is 10.2 Å². The molecule has 2 N–H and O–H groups in total. The van der Waals surface area contributed by atoms with Crippen LogP contribution in [0.3, 0.4) is 0 Å². The van der Waals surface area contributed by atoms with Gasteiger partial charge < -0.3 is 48.6 Å². The summed E-state index contributed by atoms with van der Waals surface area (Å²) in [4.78, 5) is 53.1. The number of Topliss-reactive ketones (excluding diaryl/α,β-unsaturated/α-hetero) is 1. The average Bonchev–Trinajstić information content (AvgIpc) is 3.45. The molecule has 0 spiro atoms. The molecule has 2 bridgehead atoms. The molecule has 1 aromatic rings. The van der Waals surface area contributed by atoms with Crippen LogP contribution in [0.15, 0.2) is 29.7 Å². The number of ether oxygens (including phenoxy) is 6. The third kappa shape index (κ3) is 8.70. The fourth-order valence-electron chi connectivity index (χ4n) is 8.62. The van der Waals surface area contributed by atoms with Crippen molar-refractivity contribution in [3.05, 3.63) is 24.5 Å². The first-order valence-electron chi connectivity index (χ1n) is 18.8. The molecule has 15 heteroatoms. The van der Waals surface area contributed by atoms with Crippen molar-refractivity contribution in [2.45, 2.75) is 135 Å². The number of aliphatic hydroxyl groups excluding tert-OH is 1. The monoisotopic (exact) mass is 746 g/mol. The summed E-state index contributed by atoms with van der Waals surface area (Å²) in [5.41, 5.74) is -2.18. The minimum absolute atomic E-state index is 0.0674. The van der Waals surface area contributed by atoms with Gasteiger partial charge in [0.2, 0.25) is 0 Å². The van der Waals surface area contributed by atoms with Crippen LogP contribution in [0.5, 0.6) is 5.75 Å². The van der Waals surface area contributed by atoms with Gasteiger partial charge in [-0.25, -0.2) is 4.79 Å².